The number of sulfonamides is 1. The summed E-state index contributed by atoms with van der Waals surface area (Å²) in [6, 6.07) is 11.4. The fraction of sp³-hybridized carbons (Fsp3) is 0.280. The largest absolute Gasteiger partial charge is 0.497 e. The zero-order valence-electron chi connectivity index (χ0n) is 19.8. The minimum Gasteiger partial charge on any atom is -0.497 e. The van der Waals surface area contributed by atoms with Crippen molar-refractivity contribution in [1.29, 1.82) is 0 Å². The third-order valence-corrected chi connectivity index (χ3v) is 9.28. The summed E-state index contributed by atoms with van der Waals surface area (Å²) in [7, 11) is -2.60. The molecule has 0 spiro atoms. The number of thiazole rings is 1. The summed E-state index contributed by atoms with van der Waals surface area (Å²) in [5, 5.41) is 0.494. The Morgan fingerprint density at radius 1 is 1.19 bits per heavy atom. The Morgan fingerprint density at radius 3 is 2.65 bits per heavy atom. The van der Waals surface area contributed by atoms with Gasteiger partial charge in [-0.25, -0.2) is 22.2 Å². The molecule has 1 aliphatic heterocycles. The molecule has 1 aliphatic rings. The van der Waals surface area contributed by atoms with Crippen molar-refractivity contribution in [3.05, 3.63) is 72.2 Å². The Hall–Kier alpha value is -3.35. The van der Waals surface area contributed by atoms with E-state index in [1.54, 1.807) is 30.2 Å². The number of fused-ring (bicyclic) bond motifs is 1. The van der Waals surface area contributed by atoms with Crippen LogP contribution in [-0.2, 0) is 21.4 Å². The number of hydrogen-bond donors (Lipinski definition) is 0. The molecule has 0 atom stereocenters. The van der Waals surface area contributed by atoms with Crippen molar-refractivity contribution >= 4 is 42.6 Å². The van der Waals surface area contributed by atoms with Crippen molar-refractivity contribution in [2.24, 2.45) is 5.92 Å². The second-order valence-electron chi connectivity index (χ2n) is 8.59. The van der Waals surface area contributed by atoms with E-state index in [-0.39, 0.29) is 38.4 Å². The number of piperidine rings is 1. The highest BCUT2D eigenvalue weighted by Gasteiger charge is 2.36. The van der Waals surface area contributed by atoms with Crippen LogP contribution >= 0.6 is 11.3 Å². The fourth-order valence-electron chi connectivity index (χ4n) is 4.32. The topological polar surface area (TPSA) is 93.0 Å². The van der Waals surface area contributed by atoms with Crippen molar-refractivity contribution in [3.8, 4) is 5.75 Å². The molecule has 12 heteroatoms. The molecule has 2 aromatic heterocycles. The summed E-state index contributed by atoms with van der Waals surface area (Å²) in [5.41, 5.74) is 0.693. The molecule has 0 bridgehead atoms. The summed E-state index contributed by atoms with van der Waals surface area (Å²) in [6.07, 6.45) is 2.02. The molecule has 3 heterocycles. The van der Waals surface area contributed by atoms with Crippen molar-refractivity contribution in [2.45, 2.75) is 24.3 Å². The van der Waals surface area contributed by atoms with E-state index in [0.717, 1.165) is 21.1 Å². The molecule has 37 heavy (non-hydrogen) atoms. The first-order valence-electron chi connectivity index (χ1n) is 11.5. The van der Waals surface area contributed by atoms with Gasteiger partial charge in [0.25, 0.3) is 0 Å². The number of nitrogens with zero attached hydrogens (tertiary/aromatic N) is 3. The molecular weight excluding hydrogens is 524 g/mol. The van der Waals surface area contributed by atoms with Crippen LogP contribution in [0.3, 0.4) is 0 Å². The van der Waals surface area contributed by atoms with Gasteiger partial charge in [-0.2, -0.15) is 4.31 Å². The van der Waals surface area contributed by atoms with Crippen LogP contribution in [-0.4, -0.2) is 43.8 Å². The van der Waals surface area contributed by atoms with Gasteiger partial charge in [0.1, 0.15) is 28.0 Å². The van der Waals surface area contributed by atoms with Crippen molar-refractivity contribution < 1.29 is 31.1 Å². The molecule has 0 aliphatic carbocycles. The van der Waals surface area contributed by atoms with E-state index >= 15 is 0 Å². The average molecular weight is 548 g/mol. The number of furan rings is 1. The molecule has 8 nitrogen and oxygen atoms in total. The van der Waals surface area contributed by atoms with Gasteiger partial charge in [0.2, 0.25) is 15.9 Å². The van der Waals surface area contributed by atoms with Crippen LogP contribution in [0.25, 0.3) is 10.2 Å². The quantitative estimate of drug-likeness (QED) is 0.330. The lowest BCUT2D eigenvalue weighted by molar-refractivity contribution is -0.123. The van der Waals surface area contributed by atoms with E-state index in [1.807, 2.05) is 12.1 Å². The lowest BCUT2D eigenvalue weighted by atomic mass is 9.96. The summed E-state index contributed by atoms with van der Waals surface area (Å²) in [5.74, 6) is -1.44. The van der Waals surface area contributed by atoms with Gasteiger partial charge < -0.3 is 9.15 Å². The van der Waals surface area contributed by atoms with Crippen molar-refractivity contribution in [2.75, 3.05) is 25.1 Å². The number of anilines is 1. The highest BCUT2D eigenvalue weighted by Crippen LogP contribution is 2.34. The molecular formula is C25H23F2N3O5S2. The predicted octanol–water partition coefficient (Wildman–Crippen LogP) is 4.81. The van der Waals surface area contributed by atoms with Gasteiger partial charge >= 0.3 is 0 Å². The lowest BCUT2D eigenvalue weighted by Crippen LogP contribution is -2.44. The number of amides is 1. The van der Waals surface area contributed by atoms with Crippen LogP contribution in [0.2, 0.25) is 0 Å². The number of rotatable bonds is 7. The van der Waals surface area contributed by atoms with Gasteiger partial charge in [0, 0.05) is 31.1 Å². The number of aromatic nitrogens is 1. The zero-order chi connectivity index (χ0) is 26.2. The van der Waals surface area contributed by atoms with E-state index < -0.39 is 32.5 Å². The van der Waals surface area contributed by atoms with E-state index in [0.29, 0.717) is 28.2 Å². The third kappa shape index (κ3) is 5.09. The molecule has 1 fully saturated rings. The van der Waals surface area contributed by atoms with E-state index in [1.165, 1.54) is 17.6 Å². The summed E-state index contributed by atoms with van der Waals surface area (Å²) in [4.78, 5) is 19.3. The van der Waals surface area contributed by atoms with E-state index in [9.17, 15) is 22.0 Å². The monoisotopic (exact) mass is 547 g/mol. The molecule has 0 saturated carbocycles. The first-order chi connectivity index (χ1) is 17.8. The molecule has 0 N–H and O–H groups in total. The van der Waals surface area contributed by atoms with Crippen LogP contribution in [0.5, 0.6) is 5.75 Å². The average Bonchev–Trinajstić information content (AvgIpc) is 3.56. The van der Waals surface area contributed by atoms with Gasteiger partial charge in [0.15, 0.2) is 5.13 Å². The first kappa shape index (κ1) is 25.3. The number of carbonyl (C=O) groups is 1. The van der Waals surface area contributed by atoms with Crippen LogP contribution < -0.4 is 9.64 Å². The number of hydrogen-bond acceptors (Lipinski definition) is 7. The number of benzene rings is 2. The van der Waals surface area contributed by atoms with Gasteiger partial charge in [-0.05, 0) is 49.2 Å². The number of carbonyl (C=O) groups excluding carboxylic acids is 1. The molecule has 1 saturated heterocycles. The van der Waals surface area contributed by atoms with Gasteiger partial charge in [-0.3, -0.25) is 9.69 Å². The smallest absolute Gasteiger partial charge is 0.245 e. The van der Waals surface area contributed by atoms with Crippen LogP contribution in [0.1, 0.15) is 18.6 Å². The predicted molar refractivity (Wildman–Crippen MR) is 134 cm³/mol. The second-order valence-corrected chi connectivity index (χ2v) is 11.5. The fourth-order valence-corrected chi connectivity index (χ4v) is 6.79. The van der Waals surface area contributed by atoms with Gasteiger partial charge in [-0.15, -0.1) is 0 Å². The Balaban J connectivity index is 1.36. The van der Waals surface area contributed by atoms with Crippen molar-refractivity contribution in [3.63, 3.8) is 0 Å². The van der Waals surface area contributed by atoms with E-state index in [2.05, 4.69) is 4.98 Å². The molecule has 2 aromatic carbocycles. The normalized spacial score (nSPS) is 15.2. The molecule has 1 amide bonds. The maximum absolute atomic E-state index is 14.2. The highest BCUT2D eigenvalue weighted by molar-refractivity contribution is 7.89. The second kappa shape index (κ2) is 10.2. The third-order valence-electron chi connectivity index (χ3n) is 6.29. The molecule has 194 valence electrons. The number of halogens is 2. The van der Waals surface area contributed by atoms with Gasteiger partial charge in [0.05, 0.1) is 30.1 Å². The summed E-state index contributed by atoms with van der Waals surface area (Å²) >= 11 is 1.36. The lowest BCUT2D eigenvalue weighted by Gasteiger charge is -2.32. The SMILES string of the molecule is COc1ccc2sc(N(Cc3ccco3)C(=O)C3CCN(S(=O)(=O)c4ccc(F)cc4F)CC3)nc2c1. The first-order valence-corrected chi connectivity index (χ1v) is 13.8. The Labute approximate surface area is 216 Å². The molecule has 0 unspecified atom stereocenters. The minimum atomic E-state index is -4.17. The van der Waals surface area contributed by atoms with Crippen LogP contribution in [0.4, 0.5) is 13.9 Å². The Kier molecular flexibility index (Phi) is 6.97. The maximum Gasteiger partial charge on any atom is 0.245 e. The standard InChI is InChI=1S/C25H23F2N3O5S2/c1-34-18-5-6-22-21(14-18)28-25(36-22)30(15-19-3-2-12-35-19)24(31)16-8-10-29(11-9-16)37(32,33)23-7-4-17(26)13-20(23)27/h2-7,12-14,16H,8-11,15H2,1H3. The number of ether oxygens (including phenoxy) is 1. The summed E-state index contributed by atoms with van der Waals surface area (Å²) in [6.45, 7) is 0.227. The van der Waals surface area contributed by atoms with Crippen LogP contribution in [0.15, 0.2) is 64.1 Å². The number of methoxy groups -OCH3 is 1. The van der Waals surface area contributed by atoms with Crippen LogP contribution in [0, 0.1) is 17.6 Å². The molecule has 4 aromatic rings. The maximum atomic E-state index is 14.2. The van der Waals surface area contributed by atoms with Gasteiger partial charge in [-0.1, -0.05) is 11.3 Å². The van der Waals surface area contributed by atoms with E-state index in [4.69, 9.17) is 9.15 Å². The summed E-state index contributed by atoms with van der Waals surface area (Å²) < 4.78 is 66.1. The van der Waals surface area contributed by atoms with Crippen molar-refractivity contribution in [1.82, 2.24) is 9.29 Å². The minimum absolute atomic E-state index is 0.0290. The highest BCUT2D eigenvalue weighted by atomic mass is 32.2. The Bertz CT molecular complexity index is 1530. The zero-order valence-corrected chi connectivity index (χ0v) is 21.4. The Morgan fingerprint density at radius 2 is 1.97 bits per heavy atom. The molecule has 0 radical (unpaired) electrons. The molecule has 5 rings (SSSR count).